The third-order valence-electron chi connectivity index (χ3n) is 4.08. The summed E-state index contributed by atoms with van der Waals surface area (Å²) in [6.07, 6.45) is 5.10. The van der Waals surface area contributed by atoms with Gasteiger partial charge >= 0.3 is 0 Å². The highest BCUT2D eigenvalue weighted by Gasteiger charge is 2.11. The van der Waals surface area contributed by atoms with Crippen LogP contribution in [0.1, 0.15) is 12.7 Å². The largest absolute Gasteiger partial charge is 0.465 e. The van der Waals surface area contributed by atoms with Crippen molar-refractivity contribution in [1.82, 2.24) is 9.66 Å². The number of furan rings is 1. The third kappa shape index (κ3) is 3.48. The number of hydrogen-bond donors (Lipinski definition) is 0. The molecule has 0 aliphatic rings. The fourth-order valence-corrected chi connectivity index (χ4v) is 2.79. The predicted octanol–water partition coefficient (Wildman–Crippen LogP) is 4.59. The summed E-state index contributed by atoms with van der Waals surface area (Å²) < 4.78 is 6.66. The molecule has 0 spiro atoms. The molecule has 0 N–H and O–H groups in total. The molecule has 4 aromatic rings. The van der Waals surface area contributed by atoms with Crippen molar-refractivity contribution in [3.8, 4) is 11.4 Å². The second kappa shape index (κ2) is 7.25. The van der Waals surface area contributed by atoms with E-state index in [-0.39, 0.29) is 5.56 Å². The van der Waals surface area contributed by atoms with E-state index in [2.05, 4.69) is 10.1 Å². The average Bonchev–Trinajstić information content (AvgIpc) is 3.21. The fraction of sp³-hybridized carbons (Fsp3) is 0.0455. The molecule has 0 radical (unpaired) electrons. The highest BCUT2D eigenvalue weighted by molar-refractivity contribution is 5.85. The molecule has 2 aromatic heterocycles. The van der Waals surface area contributed by atoms with Crippen LogP contribution in [0.5, 0.6) is 0 Å². The Morgan fingerprint density at radius 1 is 1.04 bits per heavy atom. The molecule has 132 valence electrons. The van der Waals surface area contributed by atoms with Gasteiger partial charge in [0.15, 0.2) is 5.82 Å². The predicted molar refractivity (Wildman–Crippen MR) is 108 cm³/mol. The zero-order valence-electron chi connectivity index (χ0n) is 14.7. The molecule has 0 fully saturated rings. The Labute approximate surface area is 155 Å². The summed E-state index contributed by atoms with van der Waals surface area (Å²) in [5.41, 5.74) is 2.12. The standard InChI is InChI=1S/C22H17N3O2/c1-16(14-18-10-7-13-27-18)15-23-25-21(17-8-3-2-4-9-17)24-20-12-6-5-11-19(20)22(25)26/h2-15H,1H3. The van der Waals surface area contributed by atoms with Gasteiger partial charge in [0, 0.05) is 5.56 Å². The Kier molecular flexibility index (Phi) is 4.49. The first-order valence-corrected chi connectivity index (χ1v) is 8.56. The van der Waals surface area contributed by atoms with Crippen molar-refractivity contribution in [2.24, 2.45) is 5.10 Å². The first kappa shape index (κ1) is 16.7. The number of aromatic nitrogens is 2. The Morgan fingerprint density at radius 2 is 1.81 bits per heavy atom. The number of nitrogens with zero attached hydrogens (tertiary/aromatic N) is 3. The van der Waals surface area contributed by atoms with E-state index in [0.717, 1.165) is 16.9 Å². The summed E-state index contributed by atoms with van der Waals surface area (Å²) in [6, 6.07) is 20.5. The lowest BCUT2D eigenvalue weighted by Gasteiger charge is -2.09. The molecule has 2 aromatic carbocycles. The lowest BCUT2D eigenvalue weighted by Crippen LogP contribution is -2.20. The normalized spacial score (nSPS) is 12.1. The van der Waals surface area contributed by atoms with E-state index in [9.17, 15) is 4.79 Å². The van der Waals surface area contributed by atoms with E-state index >= 15 is 0 Å². The molecule has 5 heteroatoms. The molecule has 5 nitrogen and oxygen atoms in total. The minimum absolute atomic E-state index is 0.207. The van der Waals surface area contributed by atoms with Crippen LogP contribution in [0.3, 0.4) is 0 Å². The van der Waals surface area contributed by atoms with Gasteiger partial charge in [-0.2, -0.15) is 9.78 Å². The second-order valence-corrected chi connectivity index (χ2v) is 6.08. The zero-order valence-corrected chi connectivity index (χ0v) is 14.7. The van der Waals surface area contributed by atoms with Gasteiger partial charge in [-0.15, -0.1) is 0 Å². The molecular weight excluding hydrogens is 338 g/mol. The topological polar surface area (TPSA) is 60.4 Å². The molecule has 27 heavy (non-hydrogen) atoms. The Bertz CT molecular complexity index is 1190. The summed E-state index contributed by atoms with van der Waals surface area (Å²) in [5, 5.41) is 4.95. The maximum Gasteiger partial charge on any atom is 0.282 e. The van der Waals surface area contributed by atoms with Gasteiger partial charge in [0.25, 0.3) is 5.56 Å². The van der Waals surface area contributed by atoms with Crippen LogP contribution >= 0.6 is 0 Å². The maximum atomic E-state index is 13.0. The molecule has 0 aliphatic heterocycles. The number of allylic oxidation sites excluding steroid dienone is 1. The van der Waals surface area contributed by atoms with Crippen molar-refractivity contribution in [2.45, 2.75) is 6.92 Å². The van der Waals surface area contributed by atoms with E-state index in [1.807, 2.05) is 73.7 Å². The molecular formula is C22H17N3O2. The van der Waals surface area contributed by atoms with Crippen molar-refractivity contribution in [3.05, 3.63) is 94.7 Å². The van der Waals surface area contributed by atoms with Gasteiger partial charge in [-0.25, -0.2) is 4.98 Å². The minimum Gasteiger partial charge on any atom is -0.465 e. The minimum atomic E-state index is -0.207. The quantitative estimate of drug-likeness (QED) is 0.503. The Hall–Kier alpha value is -3.73. The van der Waals surface area contributed by atoms with Gasteiger partial charge < -0.3 is 4.42 Å². The van der Waals surface area contributed by atoms with Crippen LogP contribution in [0, 0.1) is 0 Å². The SMILES string of the molecule is CC(C=Nn1c(-c2ccccc2)nc2ccccc2c1=O)=Cc1ccco1. The fourth-order valence-electron chi connectivity index (χ4n) is 2.79. The van der Waals surface area contributed by atoms with Crippen LogP contribution in [0.25, 0.3) is 28.4 Å². The van der Waals surface area contributed by atoms with Gasteiger partial charge in [-0.05, 0) is 42.8 Å². The van der Waals surface area contributed by atoms with Gasteiger partial charge in [-0.1, -0.05) is 42.5 Å². The van der Waals surface area contributed by atoms with Crippen LogP contribution in [0.2, 0.25) is 0 Å². The summed E-state index contributed by atoms with van der Waals surface area (Å²) in [4.78, 5) is 17.7. The smallest absolute Gasteiger partial charge is 0.282 e. The lowest BCUT2D eigenvalue weighted by atomic mass is 10.2. The van der Waals surface area contributed by atoms with Crippen LogP contribution in [-0.2, 0) is 0 Å². The molecule has 2 heterocycles. The van der Waals surface area contributed by atoms with Crippen molar-refractivity contribution in [1.29, 1.82) is 0 Å². The number of rotatable bonds is 4. The van der Waals surface area contributed by atoms with Crippen LogP contribution in [-0.4, -0.2) is 15.9 Å². The van der Waals surface area contributed by atoms with Crippen molar-refractivity contribution >= 4 is 23.2 Å². The Balaban J connectivity index is 1.86. The van der Waals surface area contributed by atoms with Gasteiger partial charge in [0.05, 0.1) is 23.4 Å². The van der Waals surface area contributed by atoms with Crippen LogP contribution in [0.4, 0.5) is 0 Å². The van der Waals surface area contributed by atoms with Gasteiger partial charge in [-0.3, -0.25) is 4.79 Å². The van der Waals surface area contributed by atoms with Gasteiger partial charge in [0.1, 0.15) is 5.76 Å². The lowest BCUT2D eigenvalue weighted by molar-refractivity contribution is 0.557. The molecule has 4 rings (SSSR count). The molecule has 0 atom stereocenters. The molecule has 0 amide bonds. The van der Waals surface area contributed by atoms with Crippen molar-refractivity contribution < 1.29 is 4.42 Å². The van der Waals surface area contributed by atoms with E-state index in [1.54, 1.807) is 18.5 Å². The molecule has 0 saturated heterocycles. The third-order valence-corrected chi connectivity index (χ3v) is 4.08. The zero-order chi connectivity index (χ0) is 18.6. The van der Waals surface area contributed by atoms with Crippen LogP contribution < -0.4 is 5.56 Å². The van der Waals surface area contributed by atoms with Crippen molar-refractivity contribution in [3.63, 3.8) is 0 Å². The van der Waals surface area contributed by atoms with E-state index < -0.39 is 0 Å². The second-order valence-electron chi connectivity index (χ2n) is 6.08. The number of para-hydroxylation sites is 1. The number of fused-ring (bicyclic) bond motifs is 1. The molecule has 0 unspecified atom stereocenters. The summed E-state index contributed by atoms with van der Waals surface area (Å²) in [5.74, 6) is 1.23. The number of hydrogen-bond acceptors (Lipinski definition) is 4. The average molecular weight is 355 g/mol. The van der Waals surface area contributed by atoms with E-state index in [4.69, 9.17) is 4.42 Å². The first-order valence-electron chi connectivity index (χ1n) is 8.56. The van der Waals surface area contributed by atoms with Crippen molar-refractivity contribution in [2.75, 3.05) is 0 Å². The summed E-state index contributed by atoms with van der Waals surface area (Å²) in [6.45, 7) is 1.90. The first-order chi connectivity index (χ1) is 13.2. The van der Waals surface area contributed by atoms with Gasteiger partial charge in [0.2, 0.25) is 0 Å². The summed E-state index contributed by atoms with van der Waals surface area (Å²) in [7, 11) is 0. The maximum absolute atomic E-state index is 13.0. The Morgan fingerprint density at radius 3 is 2.59 bits per heavy atom. The number of benzene rings is 2. The highest BCUT2D eigenvalue weighted by Crippen LogP contribution is 2.18. The van der Waals surface area contributed by atoms with E-state index in [0.29, 0.717) is 16.7 Å². The van der Waals surface area contributed by atoms with Crippen LogP contribution in [0.15, 0.2) is 92.9 Å². The molecule has 0 saturated carbocycles. The molecule has 0 bridgehead atoms. The monoisotopic (exact) mass is 355 g/mol. The van der Waals surface area contributed by atoms with E-state index in [1.165, 1.54) is 4.68 Å². The summed E-state index contributed by atoms with van der Waals surface area (Å²) >= 11 is 0. The highest BCUT2D eigenvalue weighted by atomic mass is 16.3. The molecule has 0 aliphatic carbocycles.